The number of amides is 2. The summed E-state index contributed by atoms with van der Waals surface area (Å²) in [5, 5.41) is 5.39. The number of carbonyl (C=O) groups is 2. The van der Waals surface area contributed by atoms with E-state index < -0.39 is 12.0 Å². The number of carbonyl (C=O) groups excluding carboxylic acids is 2. The smallest absolute Gasteiger partial charge is 0.338 e. The van der Waals surface area contributed by atoms with Crippen LogP contribution in [0.1, 0.15) is 32.4 Å². The normalized spacial score (nSPS) is 17.6. The van der Waals surface area contributed by atoms with Crippen molar-refractivity contribution in [1.29, 1.82) is 0 Å². The summed E-state index contributed by atoms with van der Waals surface area (Å²) in [5.41, 5.74) is 1.70. The summed E-state index contributed by atoms with van der Waals surface area (Å²) in [6, 6.07) is 6.32. The summed E-state index contributed by atoms with van der Waals surface area (Å²) < 4.78 is 10.5. The van der Waals surface area contributed by atoms with E-state index in [1.54, 1.807) is 26.2 Å². The largest absolute Gasteiger partial charge is 0.497 e. The van der Waals surface area contributed by atoms with Gasteiger partial charge in [-0.1, -0.05) is 26.0 Å². The van der Waals surface area contributed by atoms with Crippen LogP contribution in [0.25, 0.3) is 0 Å². The molecule has 23 heavy (non-hydrogen) atoms. The van der Waals surface area contributed by atoms with Crippen LogP contribution in [0.3, 0.4) is 0 Å². The lowest BCUT2D eigenvalue weighted by Crippen LogP contribution is -2.45. The van der Waals surface area contributed by atoms with Gasteiger partial charge in [0.25, 0.3) is 0 Å². The first-order valence-electron chi connectivity index (χ1n) is 7.51. The molecule has 2 amide bonds. The van der Waals surface area contributed by atoms with Gasteiger partial charge >= 0.3 is 12.0 Å². The molecule has 0 saturated carbocycles. The Bertz CT molecular complexity index is 620. The molecule has 124 valence electrons. The Morgan fingerprint density at radius 2 is 1.91 bits per heavy atom. The molecule has 1 aromatic rings. The van der Waals surface area contributed by atoms with Crippen molar-refractivity contribution >= 4 is 12.0 Å². The average Bonchev–Trinajstić information content (AvgIpc) is 2.52. The van der Waals surface area contributed by atoms with Gasteiger partial charge < -0.3 is 20.1 Å². The molecule has 2 N–H and O–H groups in total. The van der Waals surface area contributed by atoms with Crippen LogP contribution >= 0.6 is 0 Å². The standard InChI is InChI=1S/C17H22N2O4/c1-10(2)9-23-16(20)14-11(3)18-17(21)19-15(14)12-5-7-13(22-4)8-6-12/h5-8,10,15H,9H2,1-4H3,(H2,18,19,21). The number of nitrogens with one attached hydrogen (secondary N) is 2. The molecule has 0 radical (unpaired) electrons. The van der Waals surface area contributed by atoms with Crippen molar-refractivity contribution in [1.82, 2.24) is 10.6 Å². The molecule has 6 nitrogen and oxygen atoms in total. The highest BCUT2D eigenvalue weighted by Crippen LogP contribution is 2.28. The van der Waals surface area contributed by atoms with E-state index in [0.29, 0.717) is 23.6 Å². The number of benzene rings is 1. The molecule has 1 unspecified atom stereocenters. The molecule has 1 aliphatic rings. The van der Waals surface area contributed by atoms with E-state index in [-0.39, 0.29) is 11.9 Å². The van der Waals surface area contributed by atoms with E-state index in [9.17, 15) is 9.59 Å². The number of esters is 1. The van der Waals surface area contributed by atoms with Gasteiger partial charge in [-0.25, -0.2) is 9.59 Å². The van der Waals surface area contributed by atoms with Crippen molar-refractivity contribution in [2.45, 2.75) is 26.8 Å². The highest BCUT2D eigenvalue weighted by molar-refractivity contribution is 5.95. The Kier molecular flexibility index (Phi) is 5.26. The molecule has 0 spiro atoms. The van der Waals surface area contributed by atoms with E-state index >= 15 is 0 Å². The summed E-state index contributed by atoms with van der Waals surface area (Å²) in [6.45, 7) is 5.97. The van der Waals surface area contributed by atoms with Crippen molar-refractivity contribution in [2.75, 3.05) is 13.7 Å². The maximum absolute atomic E-state index is 12.4. The van der Waals surface area contributed by atoms with Crippen LogP contribution in [0.4, 0.5) is 4.79 Å². The zero-order valence-electron chi connectivity index (χ0n) is 13.8. The molecular weight excluding hydrogens is 296 g/mol. The Morgan fingerprint density at radius 1 is 1.26 bits per heavy atom. The minimum absolute atomic E-state index is 0.241. The minimum atomic E-state index is -0.547. The fourth-order valence-corrected chi connectivity index (χ4v) is 2.33. The van der Waals surface area contributed by atoms with Gasteiger partial charge in [0, 0.05) is 5.70 Å². The average molecular weight is 318 g/mol. The molecule has 0 aromatic heterocycles. The molecular formula is C17H22N2O4. The summed E-state index contributed by atoms with van der Waals surface area (Å²) >= 11 is 0. The van der Waals surface area contributed by atoms with Crippen molar-refractivity contribution in [2.24, 2.45) is 5.92 Å². The number of methoxy groups -OCH3 is 1. The second-order valence-electron chi connectivity index (χ2n) is 5.84. The van der Waals surface area contributed by atoms with Crippen molar-refractivity contribution < 1.29 is 19.1 Å². The molecule has 0 fully saturated rings. The zero-order chi connectivity index (χ0) is 17.0. The summed E-state index contributed by atoms with van der Waals surface area (Å²) in [5.74, 6) is 0.522. The van der Waals surface area contributed by atoms with Crippen LogP contribution in [-0.2, 0) is 9.53 Å². The predicted octanol–water partition coefficient (Wildman–Crippen LogP) is 2.52. The zero-order valence-corrected chi connectivity index (χ0v) is 13.8. The molecule has 2 rings (SSSR count). The van der Waals surface area contributed by atoms with Gasteiger partial charge in [0.05, 0.1) is 25.3 Å². The van der Waals surface area contributed by atoms with Gasteiger partial charge in [-0.2, -0.15) is 0 Å². The molecule has 1 heterocycles. The first-order chi connectivity index (χ1) is 10.9. The number of allylic oxidation sites excluding steroid dienone is 1. The Morgan fingerprint density at radius 3 is 2.48 bits per heavy atom. The van der Waals surface area contributed by atoms with E-state index in [1.807, 2.05) is 26.0 Å². The fraction of sp³-hybridized carbons (Fsp3) is 0.412. The topological polar surface area (TPSA) is 76.7 Å². The van der Waals surface area contributed by atoms with Gasteiger partial charge in [-0.15, -0.1) is 0 Å². The number of hydrogen-bond donors (Lipinski definition) is 2. The van der Waals surface area contributed by atoms with Gasteiger partial charge in [0.1, 0.15) is 5.75 Å². The lowest BCUT2D eigenvalue weighted by atomic mass is 9.95. The third-order valence-corrected chi connectivity index (χ3v) is 3.49. The molecule has 6 heteroatoms. The number of urea groups is 1. The highest BCUT2D eigenvalue weighted by Gasteiger charge is 2.32. The number of rotatable bonds is 5. The number of hydrogen-bond acceptors (Lipinski definition) is 4. The third-order valence-electron chi connectivity index (χ3n) is 3.49. The Labute approximate surface area is 135 Å². The van der Waals surface area contributed by atoms with Crippen molar-refractivity contribution in [3.8, 4) is 5.75 Å². The SMILES string of the molecule is COc1ccc(C2NC(=O)NC(C)=C2C(=O)OCC(C)C)cc1. The van der Waals surface area contributed by atoms with Crippen LogP contribution in [0.15, 0.2) is 35.5 Å². The lowest BCUT2D eigenvalue weighted by molar-refractivity contribution is -0.140. The number of ether oxygens (including phenoxy) is 2. The van der Waals surface area contributed by atoms with Crippen LogP contribution < -0.4 is 15.4 Å². The second kappa shape index (κ2) is 7.17. The molecule has 0 saturated heterocycles. The molecule has 1 aromatic carbocycles. The lowest BCUT2D eigenvalue weighted by Gasteiger charge is -2.28. The summed E-state index contributed by atoms with van der Waals surface area (Å²) in [6.07, 6.45) is 0. The monoisotopic (exact) mass is 318 g/mol. The van der Waals surface area contributed by atoms with Gasteiger partial charge in [-0.3, -0.25) is 0 Å². The van der Waals surface area contributed by atoms with Crippen molar-refractivity contribution in [3.05, 3.63) is 41.1 Å². The quantitative estimate of drug-likeness (QED) is 0.818. The van der Waals surface area contributed by atoms with E-state index in [1.165, 1.54) is 0 Å². The first kappa shape index (κ1) is 16.9. The van der Waals surface area contributed by atoms with E-state index in [0.717, 1.165) is 5.56 Å². The van der Waals surface area contributed by atoms with Crippen LogP contribution in [0.5, 0.6) is 5.75 Å². The van der Waals surface area contributed by atoms with Crippen LogP contribution in [0.2, 0.25) is 0 Å². The van der Waals surface area contributed by atoms with Gasteiger partial charge in [0.2, 0.25) is 0 Å². The van der Waals surface area contributed by atoms with Crippen molar-refractivity contribution in [3.63, 3.8) is 0 Å². The predicted molar refractivity (Wildman–Crippen MR) is 85.9 cm³/mol. The van der Waals surface area contributed by atoms with E-state index in [2.05, 4.69) is 10.6 Å². The Balaban J connectivity index is 2.31. The van der Waals surface area contributed by atoms with E-state index in [4.69, 9.17) is 9.47 Å². The third kappa shape index (κ3) is 4.03. The summed E-state index contributed by atoms with van der Waals surface area (Å²) in [7, 11) is 1.58. The fourth-order valence-electron chi connectivity index (χ4n) is 2.33. The highest BCUT2D eigenvalue weighted by atomic mass is 16.5. The second-order valence-corrected chi connectivity index (χ2v) is 5.84. The maximum atomic E-state index is 12.4. The maximum Gasteiger partial charge on any atom is 0.338 e. The van der Waals surface area contributed by atoms with Gasteiger partial charge in [0.15, 0.2) is 0 Å². The van der Waals surface area contributed by atoms with Crippen LogP contribution in [-0.4, -0.2) is 25.7 Å². The first-order valence-corrected chi connectivity index (χ1v) is 7.51. The van der Waals surface area contributed by atoms with Gasteiger partial charge in [-0.05, 0) is 30.5 Å². The minimum Gasteiger partial charge on any atom is -0.497 e. The molecule has 0 bridgehead atoms. The molecule has 0 aliphatic carbocycles. The molecule has 1 atom stereocenters. The Hall–Kier alpha value is -2.50. The van der Waals surface area contributed by atoms with Crippen LogP contribution in [0, 0.1) is 5.92 Å². The summed E-state index contributed by atoms with van der Waals surface area (Å²) in [4.78, 5) is 24.2. The molecule has 1 aliphatic heterocycles.